The Kier molecular flexibility index (Phi) is 5.60. The van der Waals surface area contributed by atoms with Gasteiger partial charge in [0.05, 0.1) is 12.6 Å². The number of ether oxygens (including phenoxy) is 2. The van der Waals surface area contributed by atoms with Gasteiger partial charge in [-0.3, -0.25) is 4.90 Å². The molecule has 0 aromatic carbocycles. The molecule has 0 N–H and O–H groups in total. The number of nitrogens with zero attached hydrogens (tertiary/aromatic N) is 3. The average molecular weight is 418 g/mol. The number of hydrogen-bond acceptors (Lipinski definition) is 5. The number of aromatic nitrogens is 1. The van der Waals surface area contributed by atoms with Crippen molar-refractivity contribution in [1.82, 2.24) is 14.4 Å². The van der Waals surface area contributed by atoms with Crippen LogP contribution in [0.15, 0.2) is 12.1 Å². The lowest BCUT2D eigenvalue weighted by Crippen LogP contribution is -2.58. The van der Waals surface area contributed by atoms with Gasteiger partial charge in [0.15, 0.2) is 0 Å². The Labute approximate surface area is 179 Å². The molecule has 1 aromatic heterocycles. The molecular weight excluding hydrogens is 382 g/mol. The Balaban J connectivity index is 1.40. The number of amides is 1. The average Bonchev–Trinajstić information content (AvgIpc) is 3.09. The molecule has 3 heterocycles. The van der Waals surface area contributed by atoms with Gasteiger partial charge in [-0.15, -0.1) is 0 Å². The Morgan fingerprint density at radius 3 is 2.37 bits per heavy atom. The van der Waals surface area contributed by atoms with E-state index in [1.807, 2.05) is 31.7 Å². The van der Waals surface area contributed by atoms with Gasteiger partial charge in [-0.05, 0) is 70.9 Å². The van der Waals surface area contributed by atoms with E-state index in [0.717, 1.165) is 58.4 Å². The van der Waals surface area contributed by atoms with Crippen LogP contribution in [-0.4, -0.2) is 65.3 Å². The third-order valence-corrected chi connectivity index (χ3v) is 6.98. The van der Waals surface area contributed by atoms with Crippen molar-refractivity contribution in [2.45, 2.75) is 70.6 Å². The van der Waals surface area contributed by atoms with E-state index in [0.29, 0.717) is 11.6 Å². The van der Waals surface area contributed by atoms with Gasteiger partial charge in [-0.1, -0.05) is 0 Å². The van der Waals surface area contributed by atoms with E-state index in [2.05, 4.69) is 15.5 Å². The SMILES string of the molecule is COC(=O)c1ccc2n1CCN(CC1CCN(C(=O)OC(C)(C)C)CC1)C21CCC1. The fourth-order valence-electron chi connectivity index (χ4n) is 5.28. The number of esters is 1. The normalized spacial score (nSPS) is 21.8. The molecule has 2 aliphatic heterocycles. The highest BCUT2D eigenvalue weighted by Gasteiger charge is 2.49. The Morgan fingerprint density at radius 1 is 1.10 bits per heavy atom. The topological polar surface area (TPSA) is 64.0 Å². The molecule has 1 saturated carbocycles. The molecule has 3 aliphatic rings. The number of methoxy groups -OCH3 is 1. The molecule has 2 fully saturated rings. The summed E-state index contributed by atoms with van der Waals surface area (Å²) >= 11 is 0. The van der Waals surface area contributed by atoms with Gasteiger partial charge in [0.2, 0.25) is 0 Å². The predicted octanol–water partition coefficient (Wildman–Crippen LogP) is 3.62. The monoisotopic (exact) mass is 417 g/mol. The molecule has 1 amide bonds. The second kappa shape index (κ2) is 7.91. The summed E-state index contributed by atoms with van der Waals surface area (Å²) in [5.74, 6) is 0.335. The zero-order valence-corrected chi connectivity index (χ0v) is 18.8. The number of piperidine rings is 1. The Hall–Kier alpha value is -2.02. The number of carbonyl (C=O) groups excluding carboxylic acids is 2. The van der Waals surface area contributed by atoms with E-state index in [9.17, 15) is 9.59 Å². The van der Waals surface area contributed by atoms with E-state index in [4.69, 9.17) is 9.47 Å². The lowest BCUT2D eigenvalue weighted by molar-refractivity contribution is -0.0332. The zero-order valence-electron chi connectivity index (χ0n) is 18.8. The van der Waals surface area contributed by atoms with Crippen molar-refractivity contribution in [2.24, 2.45) is 5.92 Å². The largest absolute Gasteiger partial charge is 0.464 e. The second-order valence-corrected chi connectivity index (χ2v) is 9.99. The minimum absolute atomic E-state index is 0.0623. The molecule has 7 nitrogen and oxygen atoms in total. The van der Waals surface area contributed by atoms with Crippen LogP contribution in [0.4, 0.5) is 4.79 Å². The fraction of sp³-hybridized carbons (Fsp3) is 0.739. The first kappa shape index (κ1) is 21.2. The van der Waals surface area contributed by atoms with Gasteiger partial charge in [0.25, 0.3) is 0 Å². The summed E-state index contributed by atoms with van der Waals surface area (Å²) in [7, 11) is 1.44. The minimum atomic E-state index is -0.448. The van der Waals surface area contributed by atoms with Crippen molar-refractivity contribution >= 4 is 12.1 Å². The van der Waals surface area contributed by atoms with E-state index in [1.54, 1.807) is 0 Å². The molecule has 7 heteroatoms. The maximum atomic E-state index is 12.3. The predicted molar refractivity (Wildman–Crippen MR) is 113 cm³/mol. The van der Waals surface area contributed by atoms with Gasteiger partial charge in [0.1, 0.15) is 11.3 Å². The number of fused-ring (bicyclic) bond motifs is 2. The van der Waals surface area contributed by atoms with Crippen LogP contribution < -0.4 is 0 Å². The summed E-state index contributed by atoms with van der Waals surface area (Å²) < 4.78 is 12.7. The zero-order chi connectivity index (χ0) is 21.5. The number of likely N-dealkylation sites (tertiary alicyclic amines) is 1. The summed E-state index contributed by atoms with van der Waals surface area (Å²) in [6.07, 6.45) is 5.36. The third-order valence-electron chi connectivity index (χ3n) is 6.98. The highest BCUT2D eigenvalue weighted by Crippen LogP contribution is 2.49. The van der Waals surface area contributed by atoms with Gasteiger partial charge >= 0.3 is 12.1 Å². The van der Waals surface area contributed by atoms with Crippen LogP contribution in [0.1, 0.15) is 69.1 Å². The van der Waals surface area contributed by atoms with Crippen LogP contribution >= 0.6 is 0 Å². The molecule has 0 radical (unpaired) electrons. The molecular formula is C23H35N3O4. The van der Waals surface area contributed by atoms with Crippen molar-refractivity contribution in [3.63, 3.8) is 0 Å². The first-order valence-corrected chi connectivity index (χ1v) is 11.2. The standard InChI is InChI=1S/C23H35N3O4/c1-22(2,3)30-21(28)24-12-8-17(9-13-24)16-25-14-15-26-18(20(27)29-4)6-7-19(26)23(25)10-5-11-23/h6-7,17H,5,8-16H2,1-4H3. The van der Waals surface area contributed by atoms with Gasteiger partial charge in [-0.25, -0.2) is 9.59 Å². The van der Waals surface area contributed by atoms with Crippen LogP contribution in [0, 0.1) is 5.92 Å². The van der Waals surface area contributed by atoms with Crippen molar-refractivity contribution in [3.05, 3.63) is 23.5 Å². The van der Waals surface area contributed by atoms with Crippen molar-refractivity contribution in [3.8, 4) is 0 Å². The van der Waals surface area contributed by atoms with Crippen LogP contribution in [0.3, 0.4) is 0 Å². The quantitative estimate of drug-likeness (QED) is 0.703. The summed E-state index contributed by atoms with van der Waals surface area (Å²) in [5, 5.41) is 0. The minimum Gasteiger partial charge on any atom is -0.464 e. The molecule has 4 rings (SSSR count). The molecule has 1 spiro atoms. The van der Waals surface area contributed by atoms with Crippen molar-refractivity contribution in [1.29, 1.82) is 0 Å². The van der Waals surface area contributed by atoms with Crippen molar-refractivity contribution < 1.29 is 19.1 Å². The van der Waals surface area contributed by atoms with Crippen LogP contribution in [0.5, 0.6) is 0 Å². The molecule has 30 heavy (non-hydrogen) atoms. The fourth-order valence-corrected chi connectivity index (χ4v) is 5.28. The summed E-state index contributed by atoms with van der Waals surface area (Å²) in [4.78, 5) is 29.0. The molecule has 1 saturated heterocycles. The summed E-state index contributed by atoms with van der Waals surface area (Å²) in [5.41, 5.74) is 1.55. The number of hydrogen-bond donors (Lipinski definition) is 0. The maximum absolute atomic E-state index is 12.3. The lowest BCUT2D eigenvalue weighted by atomic mass is 9.71. The van der Waals surface area contributed by atoms with E-state index in [1.165, 1.54) is 19.2 Å². The molecule has 0 bridgehead atoms. The molecule has 0 atom stereocenters. The van der Waals surface area contributed by atoms with Crippen LogP contribution in [0.2, 0.25) is 0 Å². The van der Waals surface area contributed by atoms with Crippen LogP contribution in [0.25, 0.3) is 0 Å². The smallest absolute Gasteiger partial charge is 0.410 e. The highest BCUT2D eigenvalue weighted by molar-refractivity contribution is 5.88. The molecule has 166 valence electrons. The second-order valence-electron chi connectivity index (χ2n) is 9.99. The Bertz CT molecular complexity index is 798. The third kappa shape index (κ3) is 3.84. The van der Waals surface area contributed by atoms with E-state index < -0.39 is 5.60 Å². The first-order valence-electron chi connectivity index (χ1n) is 11.2. The van der Waals surface area contributed by atoms with E-state index >= 15 is 0 Å². The summed E-state index contributed by atoms with van der Waals surface area (Å²) in [6, 6.07) is 4.05. The first-order chi connectivity index (χ1) is 14.2. The van der Waals surface area contributed by atoms with Gasteiger partial charge in [-0.2, -0.15) is 0 Å². The van der Waals surface area contributed by atoms with Gasteiger partial charge in [0, 0.05) is 38.4 Å². The number of carbonyl (C=O) groups is 2. The lowest BCUT2D eigenvalue weighted by Gasteiger charge is -2.54. The summed E-state index contributed by atoms with van der Waals surface area (Å²) in [6.45, 7) is 10.1. The molecule has 1 aromatic rings. The Morgan fingerprint density at radius 2 is 1.80 bits per heavy atom. The molecule has 1 aliphatic carbocycles. The van der Waals surface area contributed by atoms with E-state index in [-0.39, 0.29) is 17.6 Å². The van der Waals surface area contributed by atoms with Gasteiger partial charge < -0.3 is 18.9 Å². The van der Waals surface area contributed by atoms with Crippen molar-refractivity contribution in [2.75, 3.05) is 33.3 Å². The highest BCUT2D eigenvalue weighted by atomic mass is 16.6. The maximum Gasteiger partial charge on any atom is 0.410 e. The van der Waals surface area contributed by atoms with Crippen LogP contribution in [-0.2, 0) is 21.6 Å². The number of rotatable bonds is 3. The molecule has 0 unspecified atom stereocenters.